The molecule has 1 rings (SSSR count). The molecule has 0 radical (unpaired) electrons. The molecule has 7 heteroatoms. The lowest BCUT2D eigenvalue weighted by molar-refractivity contribution is 0.0696. The van der Waals surface area contributed by atoms with Crippen LogP contribution in [0.5, 0.6) is 0 Å². The quantitative estimate of drug-likeness (QED) is 0.894. The first-order valence-electron chi connectivity index (χ1n) is 5.30. The predicted molar refractivity (Wildman–Crippen MR) is 71.2 cm³/mol. The second-order valence-electron chi connectivity index (χ2n) is 3.78. The Morgan fingerprint density at radius 2 is 2.06 bits per heavy atom. The van der Waals surface area contributed by atoms with Crippen LogP contribution >= 0.6 is 15.9 Å². The van der Waals surface area contributed by atoms with Gasteiger partial charge >= 0.3 is 5.97 Å². The predicted octanol–water partition coefficient (Wildman–Crippen LogP) is 2.18. The Kier molecular flexibility index (Phi) is 4.89. The maximum Gasteiger partial charge on any atom is 0.335 e. The average molecular weight is 336 g/mol. The Balaban J connectivity index is 3.31. The Bertz CT molecular complexity index is 556. The molecule has 0 unspecified atom stereocenters. The van der Waals surface area contributed by atoms with Gasteiger partial charge in [-0.2, -0.15) is 0 Å². The highest BCUT2D eigenvalue weighted by molar-refractivity contribution is 9.10. The summed E-state index contributed by atoms with van der Waals surface area (Å²) in [6, 6.07) is 3.94. The molecule has 0 amide bonds. The molecule has 0 spiro atoms. The van der Waals surface area contributed by atoms with E-state index in [-0.39, 0.29) is 10.5 Å². The third-order valence-electron chi connectivity index (χ3n) is 2.40. The SMILES string of the molecule is CCCN(C)S(=O)(=O)c1cc(C(=O)O)ccc1Br. The molecule has 5 nitrogen and oxygen atoms in total. The zero-order valence-corrected chi connectivity index (χ0v) is 12.5. The number of aromatic carboxylic acids is 1. The van der Waals surface area contributed by atoms with E-state index in [1.807, 2.05) is 6.92 Å². The summed E-state index contributed by atoms with van der Waals surface area (Å²) < 4.78 is 26.0. The average Bonchev–Trinajstić information content (AvgIpc) is 2.29. The Labute approximate surface area is 115 Å². The van der Waals surface area contributed by atoms with E-state index in [0.717, 1.165) is 6.07 Å². The van der Waals surface area contributed by atoms with Crippen LogP contribution in [-0.2, 0) is 10.0 Å². The number of sulfonamides is 1. The minimum atomic E-state index is -3.66. The van der Waals surface area contributed by atoms with Crippen molar-refractivity contribution in [1.82, 2.24) is 4.31 Å². The van der Waals surface area contributed by atoms with Crippen molar-refractivity contribution < 1.29 is 18.3 Å². The van der Waals surface area contributed by atoms with Crippen molar-refractivity contribution >= 4 is 31.9 Å². The molecule has 0 aliphatic heterocycles. The molecular formula is C11H14BrNO4S. The fraction of sp³-hybridized carbons (Fsp3) is 0.364. The fourth-order valence-electron chi connectivity index (χ4n) is 1.44. The van der Waals surface area contributed by atoms with Gasteiger partial charge in [0.1, 0.15) is 0 Å². The van der Waals surface area contributed by atoms with Gasteiger partial charge in [-0.05, 0) is 40.5 Å². The summed E-state index contributed by atoms with van der Waals surface area (Å²) in [5.41, 5.74) is -0.0540. The van der Waals surface area contributed by atoms with Crippen molar-refractivity contribution in [2.24, 2.45) is 0 Å². The van der Waals surface area contributed by atoms with Crippen molar-refractivity contribution in [3.63, 3.8) is 0 Å². The largest absolute Gasteiger partial charge is 0.478 e. The van der Waals surface area contributed by atoms with E-state index in [0.29, 0.717) is 17.4 Å². The molecule has 1 N–H and O–H groups in total. The maximum absolute atomic E-state index is 12.2. The second kappa shape index (κ2) is 5.81. The molecule has 0 aliphatic rings. The van der Waals surface area contributed by atoms with E-state index in [1.54, 1.807) is 0 Å². The molecule has 0 atom stereocenters. The second-order valence-corrected chi connectivity index (χ2v) is 6.64. The Hall–Kier alpha value is -0.920. The van der Waals surface area contributed by atoms with E-state index >= 15 is 0 Å². The van der Waals surface area contributed by atoms with Gasteiger partial charge in [0, 0.05) is 18.1 Å². The van der Waals surface area contributed by atoms with Gasteiger partial charge < -0.3 is 5.11 Å². The van der Waals surface area contributed by atoms with E-state index in [2.05, 4.69) is 15.9 Å². The lowest BCUT2D eigenvalue weighted by Gasteiger charge is -2.17. The number of hydrogen-bond donors (Lipinski definition) is 1. The van der Waals surface area contributed by atoms with Gasteiger partial charge in [0.2, 0.25) is 10.0 Å². The Morgan fingerprint density at radius 1 is 1.44 bits per heavy atom. The van der Waals surface area contributed by atoms with Crippen LogP contribution in [0.1, 0.15) is 23.7 Å². The molecule has 1 aromatic rings. The van der Waals surface area contributed by atoms with Crippen LogP contribution in [0.25, 0.3) is 0 Å². The van der Waals surface area contributed by atoms with Crippen LogP contribution in [0.15, 0.2) is 27.6 Å². The molecule has 0 saturated carbocycles. The number of carboxylic acid groups (broad SMARTS) is 1. The van der Waals surface area contributed by atoms with Gasteiger partial charge in [0.05, 0.1) is 10.5 Å². The van der Waals surface area contributed by atoms with Gasteiger partial charge in [-0.15, -0.1) is 0 Å². The third kappa shape index (κ3) is 3.09. The van der Waals surface area contributed by atoms with Gasteiger partial charge in [-0.3, -0.25) is 0 Å². The summed E-state index contributed by atoms with van der Waals surface area (Å²) in [4.78, 5) is 10.8. The van der Waals surface area contributed by atoms with E-state index in [9.17, 15) is 13.2 Å². The zero-order valence-electron chi connectivity index (χ0n) is 10.1. The highest BCUT2D eigenvalue weighted by Gasteiger charge is 2.24. The highest BCUT2D eigenvalue weighted by atomic mass is 79.9. The topological polar surface area (TPSA) is 74.7 Å². The minimum absolute atomic E-state index is 0.0293. The van der Waals surface area contributed by atoms with E-state index < -0.39 is 16.0 Å². The van der Waals surface area contributed by atoms with Crippen molar-refractivity contribution in [2.75, 3.05) is 13.6 Å². The van der Waals surface area contributed by atoms with Gasteiger partial charge in [-0.25, -0.2) is 17.5 Å². The number of halogens is 1. The van der Waals surface area contributed by atoms with Crippen LogP contribution in [0.3, 0.4) is 0 Å². The van der Waals surface area contributed by atoms with Gasteiger partial charge in [0.25, 0.3) is 0 Å². The lowest BCUT2D eigenvalue weighted by atomic mass is 10.2. The summed E-state index contributed by atoms with van der Waals surface area (Å²) in [6.07, 6.45) is 0.686. The number of carbonyl (C=O) groups is 1. The smallest absolute Gasteiger partial charge is 0.335 e. The molecule has 0 heterocycles. The molecule has 1 aromatic carbocycles. The van der Waals surface area contributed by atoms with E-state index in [1.165, 1.54) is 23.5 Å². The van der Waals surface area contributed by atoms with Gasteiger partial charge in [-0.1, -0.05) is 6.92 Å². The third-order valence-corrected chi connectivity index (χ3v) is 5.26. The Morgan fingerprint density at radius 3 is 2.56 bits per heavy atom. The summed E-state index contributed by atoms with van der Waals surface area (Å²) in [7, 11) is -2.19. The van der Waals surface area contributed by atoms with Crippen LogP contribution in [-0.4, -0.2) is 37.4 Å². The summed E-state index contributed by atoms with van der Waals surface area (Å²) in [6.45, 7) is 2.25. The first-order chi connectivity index (χ1) is 8.30. The number of nitrogens with zero attached hydrogens (tertiary/aromatic N) is 1. The normalized spacial score (nSPS) is 11.8. The molecule has 0 bridgehead atoms. The summed E-state index contributed by atoms with van der Waals surface area (Å²) >= 11 is 3.14. The molecule has 18 heavy (non-hydrogen) atoms. The number of rotatable bonds is 5. The molecule has 0 saturated heterocycles. The van der Waals surface area contributed by atoms with Crippen LogP contribution in [0, 0.1) is 0 Å². The van der Waals surface area contributed by atoms with Crippen LogP contribution in [0.2, 0.25) is 0 Å². The molecule has 0 fully saturated rings. The van der Waals surface area contributed by atoms with Crippen molar-refractivity contribution in [1.29, 1.82) is 0 Å². The van der Waals surface area contributed by atoms with Gasteiger partial charge in [0.15, 0.2) is 0 Å². The van der Waals surface area contributed by atoms with Crippen molar-refractivity contribution in [3.8, 4) is 0 Å². The standard InChI is InChI=1S/C11H14BrNO4S/c1-3-6-13(2)18(16,17)10-7-8(11(14)15)4-5-9(10)12/h4-5,7H,3,6H2,1-2H3,(H,14,15). The number of carboxylic acids is 1. The van der Waals surface area contributed by atoms with Crippen LogP contribution < -0.4 is 0 Å². The monoisotopic (exact) mass is 335 g/mol. The zero-order chi connectivity index (χ0) is 13.9. The first-order valence-corrected chi connectivity index (χ1v) is 7.53. The maximum atomic E-state index is 12.2. The highest BCUT2D eigenvalue weighted by Crippen LogP contribution is 2.25. The molecule has 0 aromatic heterocycles. The summed E-state index contributed by atoms with van der Waals surface area (Å²) in [5.74, 6) is -1.16. The molecule has 100 valence electrons. The number of benzene rings is 1. The van der Waals surface area contributed by atoms with E-state index in [4.69, 9.17) is 5.11 Å². The number of hydrogen-bond acceptors (Lipinski definition) is 3. The van der Waals surface area contributed by atoms with Crippen molar-refractivity contribution in [2.45, 2.75) is 18.2 Å². The fourth-order valence-corrected chi connectivity index (χ4v) is 3.65. The van der Waals surface area contributed by atoms with Crippen molar-refractivity contribution in [3.05, 3.63) is 28.2 Å². The molecular weight excluding hydrogens is 322 g/mol. The minimum Gasteiger partial charge on any atom is -0.478 e. The first kappa shape index (κ1) is 15.1. The van der Waals surface area contributed by atoms with Crippen LogP contribution in [0.4, 0.5) is 0 Å². The molecule has 0 aliphatic carbocycles. The summed E-state index contributed by atoms with van der Waals surface area (Å²) in [5, 5.41) is 8.88. The lowest BCUT2D eigenvalue weighted by Crippen LogP contribution is -2.28.